The predicted octanol–water partition coefficient (Wildman–Crippen LogP) is 2.00. The fourth-order valence-electron chi connectivity index (χ4n) is 1.57. The number of anilines is 1. The highest BCUT2D eigenvalue weighted by Gasteiger charge is 2.22. The van der Waals surface area contributed by atoms with Gasteiger partial charge in [0.1, 0.15) is 17.5 Å². The maximum Gasteiger partial charge on any atom is 0.361 e. The largest absolute Gasteiger partial charge is 0.461 e. The van der Waals surface area contributed by atoms with Gasteiger partial charge in [0, 0.05) is 6.04 Å². The molecule has 102 valence electrons. The number of hydrogen-bond acceptors (Lipinski definition) is 7. The molecule has 0 fully saturated rings. The van der Waals surface area contributed by atoms with Crippen molar-refractivity contribution in [3.05, 3.63) is 12.0 Å². The Morgan fingerprint density at radius 2 is 2.26 bits per heavy atom. The molecule has 2 aromatic heterocycles. The zero-order valence-electron chi connectivity index (χ0n) is 11.1. The number of carbonyl (C=O) groups is 1. The maximum absolute atomic E-state index is 11.8. The van der Waals surface area contributed by atoms with E-state index < -0.39 is 5.97 Å². The maximum atomic E-state index is 11.8. The molecule has 0 aromatic carbocycles. The van der Waals surface area contributed by atoms with Gasteiger partial charge in [0.2, 0.25) is 5.69 Å². The average molecular weight is 264 g/mol. The van der Waals surface area contributed by atoms with Gasteiger partial charge in [-0.1, -0.05) is 12.1 Å². The summed E-state index contributed by atoms with van der Waals surface area (Å²) in [5, 5.41) is 7.37. The van der Waals surface area contributed by atoms with Crippen molar-refractivity contribution in [2.24, 2.45) is 0 Å². The highest BCUT2D eigenvalue weighted by atomic mass is 16.5. The van der Waals surface area contributed by atoms with Gasteiger partial charge in [0.05, 0.1) is 6.61 Å². The molecule has 2 aromatic rings. The third kappa shape index (κ3) is 2.64. The van der Waals surface area contributed by atoms with E-state index in [1.165, 1.54) is 6.33 Å². The molecule has 7 heteroatoms. The van der Waals surface area contributed by atoms with Crippen molar-refractivity contribution in [1.82, 2.24) is 15.1 Å². The van der Waals surface area contributed by atoms with E-state index in [1.807, 2.05) is 6.92 Å². The lowest BCUT2D eigenvalue weighted by atomic mass is 10.2. The van der Waals surface area contributed by atoms with E-state index >= 15 is 0 Å². The molecular formula is C12H16N4O3. The fourth-order valence-corrected chi connectivity index (χ4v) is 1.57. The van der Waals surface area contributed by atoms with Crippen molar-refractivity contribution in [2.45, 2.75) is 33.2 Å². The topological polar surface area (TPSA) is 90.1 Å². The molecule has 2 rings (SSSR count). The molecule has 1 atom stereocenters. The van der Waals surface area contributed by atoms with Crippen LogP contribution in [-0.2, 0) is 4.74 Å². The van der Waals surface area contributed by atoms with Gasteiger partial charge < -0.3 is 14.6 Å². The predicted molar refractivity (Wildman–Crippen MR) is 68.9 cm³/mol. The monoisotopic (exact) mass is 264 g/mol. The van der Waals surface area contributed by atoms with Gasteiger partial charge in [-0.2, -0.15) is 4.98 Å². The number of aromatic nitrogens is 3. The molecule has 0 spiro atoms. The number of hydrogen-bond donors (Lipinski definition) is 1. The second kappa shape index (κ2) is 5.64. The van der Waals surface area contributed by atoms with E-state index in [9.17, 15) is 4.79 Å². The standard InChI is InChI=1S/C12H16N4O3/c1-4-7(3)15-10-8-9(12(17)18-5-2)16-19-11(8)14-6-13-10/h6-7H,4-5H2,1-3H3,(H,13,14,15)/t7-/m0/s1. The minimum atomic E-state index is -0.539. The molecule has 0 saturated carbocycles. The molecule has 1 N–H and O–H groups in total. The summed E-state index contributed by atoms with van der Waals surface area (Å²) >= 11 is 0. The summed E-state index contributed by atoms with van der Waals surface area (Å²) in [4.78, 5) is 19.9. The van der Waals surface area contributed by atoms with Crippen LogP contribution in [-0.4, -0.2) is 33.7 Å². The number of carbonyl (C=O) groups excluding carboxylic acids is 1. The molecule has 19 heavy (non-hydrogen) atoms. The van der Waals surface area contributed by atoms with Crippen molar-refractivity contribution >= 4 is 22.9 Å². The molecule has 2 heterocycles. The average Bonchev–Trinajstić information content (AvgIpc) is 2.84. The van der Waals surface area contributed by atoms with Crippen LogP contribution in [0.1, 0.15) is 37.7 Å². The Hall–Kier alpha value is -2.18. The van der Waals surface area contributed by atoms with Gasteiger partial charge in [-0.3, -0.25) is 0 Å². The second-order valence-electron chi connectivity index (χ2n) is 4.11. The van der Waals surface area contributed by atoms with E-state index in [2.05, 4.69) is 27.4 Å². The molecule has 0 aliphatic carbocycles. The molecule has 0 aliphatic heterocycles. The van der Waals surface area contributed by atoms with Gasteiger partial charge in [-0.25, -0.2) is 9.78 Å². The summed E-state index contributed by atoms with van der Waals surface area (Å²) in [5.74, 6) is -0.00750. The molecule has 0 amide bonds. The Kier molecular flexibility index (Phi) is 3.94. The van der Waals surface area contributed by atoms with Gasteiger partial charge in [0.25, 0.3) is 5.71 Å². The van der Waals surface area contributed by atoms with Crippen LogP contribution >= 0.6 is 0 Å². The van der Waals surface area contributed by atoms with E-state index in [4.69, 9.17) is 9.26 Å². The van der Waals surface area contributed by atoms with Crippen molar-refractivity contribution < 1.29 is 14.1 Å². The van der Waals surface area contributed by atoms with Crippen LogP contribution in [0.3, 0.4) is 0 Å². The number of fused-ring (bicyclic) bond motifs is 1. The number of nitrogens with one attached hydrogen (secondary N) is 1. The van der Waals surface area contributed by atoms with E-state index in [1.54, 1.807) is 6.92 Å². The molecule has 0 radical (unpaired) electrons. The molecule has 0 aliphatic rings. The van der Waals surface area contributed by atoms with Crippen LogP contribution in [0, 0.1) is 0 Å². The SMILES string of the molecule is CCOC(=O)c1noc2ncnc(N[C@@H](C)CC)c12. The van der Waals surface area contributed by atoms with Crippen LogP contribution < -0.4 is 5.32 Å². The minimum Gasteiger partial charge on any atom is -0.461 e. The molecule has 0 saturated heterocycles. The molecule has 0 unspecified atom stereocenters. The Balaban J connectivity index is 2.46. The summed E-state index contributed by atoms with van der Waals surface area (Å²) in [6, 6.07) is 0.211. The minimum absolute atomic E-state index is 0.100. The fraction of sp³-hybridized carbons (Fsp3) is 0.500. The Morgan fingerprint density at radius 1 is 1.47 bits per heavy atom. The van der Waals surface area contributed by atoms with Gasteiger partial charge in [-0.15, -0.1) is 0 Å². The van der Waals surface area contributed by atoms with Gasteiger partial charge in [0.15, 0.2) is 0 Å². The highest BCUT2D eigenvalue weighted by molar-refractivity contribution is 6.04. The normalized spacial score (nSPS) is 12.4. The van der Waals surface area contributed by atoms with Crippen molar-refractivity contribution in [3.63, 3.8) is 0 Å². The van der Waals surface area contributed by atoms with Gasteiger partial charge in [-0.05, 0) is 20.3 Å². The summed E-state index contributed by atoms with van der Waals surface area (Å²) < 4.78 is 9.97. The summed E-state index contributed by atoms with van der Waals surface area (Å²) in [7, 11) is 0. The third-order valence-electron chi connectivity index (χ3n) is 2.74. The number of nitrogens with zero attached hydrogens (tertiary/aromatic N) is 3. The van der Waals surface area contributed by atoms with Crippen molar-refractivity contribution in [3.8, 4) is 0 Å². The van der Waals surface area contributed by atoms with Crippen LogP contribution in [0.25, 0.3) is 11.1 Å². The number of esters is 1. The third-order valence-corrected chi connectivity index (χ3v) is 2.74. The van der Waals surface area contributed by atoms with Crippen LogP contribution in [0.4, 0.5) is 5.82 Å². The molecular weight excluding hydrogens is 248 g/mol. The quantitative estimate of drug-likeness (QED) is 0.826. The lowest BCUT2D eigenvalue weighted by Crippen LogP contribution is -2.15. The van der Waals surface area contributed by atoms with Crippen molar-refractivity contribution in [1.29, 1.82) is 0 Å². The van der Waals surface area contributed by atoms with Crippen LogP contribution in [0.2, 0.25) is 0 Å². The molecule has 7 nitrogen and oxygen atoms in total. The zero-order valence-corrected chi connectivity index (χ0v) is 11.1. The summed E-state index contributed by atoms with van der Waals surface area (Å²) in [6.45, 7) is 6.07. The second-order valence-corrected chi connectivity index (χ2v) is 4.11. The Bertz CT molecular complexity index is 581. The lowest BCUT2D eigenvalue weighted by Gasteiger charge is -2.12. The first-order chi connectivity index (χ1) is 9.17. The van der Waals surface area contributed by atoms with Gasteiger partial charge >= 0.3 is 5.97 Å². The van der Waals surface area contributed by atoms with Crippen LogP contribution in [0.15, 0.2) is 10.9 Å². The van der Waals surface area contributed by atoms with E-state index in [-0.39, 0.29) is 24.1 Å². The zero-order chi connectivity index (χ0) is 13.8. The summed E-state index contributed by atoms with van der Waals surface area (Å²) in [5.41, 5.74) is 0.368. The van der Waals surface area contributed by atoms with Crippen LogP contribution in [0.5, 0.6) is 0 Å². The first-order valence-electron chi connectivity index (χ1n) is 6.21. The Labute approximate surface area is 110 Å². The van der Waals surface area contributed by atoms with E-state index in [0.29, 0.717) is 11.2 Å². The smallest absolute Gasteiger partial charge is 0.361 e. The summed E-state index contributed by atoms with van der Waals surface area (Å²) in [6.07, 6.45) is 2.29. The van der Waals surface area contributed by atoms with E-state index in [0.717, 1.165) is 6.42 Å². The number of ether oxygens (including phenoxy) is 1. The Morgan fingerprint density at radius 3 is 2.95 bits per heavy atom. The van der Waals surface area contributed by atoms with Crippen molar-refractivity contribution in [2.75, 3.05) is 11.9 Å². The highest BCUT2D eigenvalue weighted by Crippen LogP contribution is 2.24. The lowest BCUT2D eigenvalue weighted by molar-refractivity contribution is 0.0517. The first-order valence-corrected chi connectivity index (χ1v) is 6.21. The molecule has 0 bridgehead atoms. The number of rotatable bonds is 5. The first kappa shape index (κ1) is 13.3.